The van der Waals surface area contributed by atoms with E-state index in [0.29, 0.717) is 0 Å². The fourth-order valence-corrected chi connectivity index (χ4v) is 9.35. The summed E-state index contributed by atoms with van der Waals surface area (Å²) in [6.45, 7) is 16.0. The molecule has 0 radical (unpaired) electrons. The maximum absolute atomic E-state index is 11.2. The Morgan fingerprint density at radius 2 is 1.75 bits per heavy atom. The summed E-state index contributed by atoms with van der Waals surface area (Å²) in [7, 11) is -1.81. The van der Waals surface area contributed by atoms with E-state index in [1.54, 1.807) is 0 Å². The number of hydrogen-bond acceptors (Lipinski definition) is 1. The summed E-state index contributed by atoms with van der Waals surface area (Å²) < 4.78 is 0. The van der Waals surface area contributed by atoms with Gasteiger partial charge < -0.3 is 5.11 Å². The van der Waals surface area contributed by atoms with Crippen LogP contribution in [0.4, 0.5) is 0 Å². The molecule has 0 amide bonds. The quantitative estimate of drug-likeness (QED) is 0.458. The second kappa shape index (κ2) is 6.02. The van der Waals surface area contributed by atoms with Crippen LogP contribution in [-0.2, 0) is 0 Å². The van der Waals surface area contributed by atoms with Crippen LogP contribution >= 0.6 is 31.9 Å². The van der Waals surface area contributed by atoms with Crippen molar-refractivity contribution in [3.05, 3.63) is 23.8 Å². The highest BCUT2D eigenvalue weighted by atomic mass is 79.9. The first kappa shape index (κ1) is 18.7. The summed E-state index contributed by atoms with van der Waals surface area (Å²) in [6, 6.07) is 0. The van der Waals surface area contributed by atoms with Crippen molar-refractivity contribution in [3.63, 3.8) is 0 Å². The molecule has 1 rings (SSSR count). The molecule has 4 atom stereocenters. The van der Waals surface area contributed by atoms with E-state index < -0.39 is 14.2 Å². The SMILES string of the molecule is CC(Br)C1=CC=CC(C(C)Br)([Si](C)(C)C(C)(C)C)C1O. The number of halogens is 2. The van der Waals surface area contributed by atoms with Crippen LogP contribution in [0.5, 0.6) is 0 Å². The Bertz CT molecular complexity index is 419. The minimum absolute atomic E-state index is 0.192. The molecule has 116 valence electrons. The topological polar surface area (TPSA) is 20.2 Å². The lowest BCUT2D eigenvalue weighted by Crippen LogP contribution is -2.58. The van der Waals surface area contributed by atoms with Crippen molar-refractivity contribution in [2.45, 2.75) is 73.5 Å². The normalized spacial score (nSPS) is 30.9. The molecule has 1 aliphatic carbocycles. The van der Waals surface area contributed by atoms with E-state index in [1.165, 1.54) is 0 Å². The smallest absolute Gasteiger partial charge is 0.0841 e. The molecule has 0 saturated carbocycles. The van der Waals surface area contributed by atoms with E-state index in [4.69, 9.17) is 0 Å². The Labute approximate surface area is 142 Å². The van der Waals surface area contributed by atoms with Crippen LogP contribution in [0.15, 0.2) is 23.8 Å². The third-order valence-electron chi connectivity index (χ3n) is 5.50. The number of allylic oxidation sites excluding steroid dienone is 2. The van der Waals surface area contributed by atoms with Crippen molar-refractivity contribution < 1.29 is 5.11 Å². The van der Waals surface area contributed by atoms with Gasteiger partial charge in [0.05, 0.1) is 14.2 Å². The molecule has 0 aliphatic heterocycles. The van der Waals surface area contributed by atoms with E-state index in [9.17, 15) is 5.11 Å². The van der Waals surface area contributed by atoms with Crippen LogP contribution in [-0.4, -0.2) is 28.9 Å². The van der Waals surface area contributed by atoms with E-state index in [0.717, 1.165) is 5.57 Å². The maximum Gasteiger partial charge on any atom is 0.0841 e. The number of aliphatic hydroxyl groups is 1. The van der Waals surface area contributed by atoms with E-state index >= 15 is 0 Å². The maximum atomic E-state index is 11.2. The average Bonchev–Trinajstić information content (AvgIpc) is 2.26. The third kappa shape index (κ3) is 2.78. The summed E-state index contributed by atoms with van der Waals surface area (Å²) in [5, 5.41) is 11.2. The Morgan fingerprint density at radius 3 is 2.10 bits per heavy atom. The van der Waals surface area contributed by atoms with Gasteiger partial charge >= 0.3 is 0 Å². The fraction of sp³-hybridized carbons (Fsp3) is 0.750. The molecule has 1 nitrogen and oxygen atoms in total. The van der Waals surface area contributed by atoms with Gasteiger partial charge in [-0.05, 0) is 17.5 Å². The number of rotatable bonds is 3. The zero-order chi connectivity index (χ0) is 15.9. The summed E-state index contributed by atoms with van der Waals surface area (Å²) in [5.41, 5.74) is 1.09. The van der Waals surface area contributed by atoms with Crippen molar-refractivity contribution in [1.82, 2.24) is 0 Å². The first-order valence-corrected chi connectivity index (χ1v) is 12.1. The summed E-state index contributed by atoms with van der Waals surface area (Å²) >= 11 is 7.45. The highest BCUT2D eigenvalue weighted by molar-refractivity contribution is 9.09. The largest absolute Gasteiger partial charge is 0.388 e. The average molecular weight is 424 g/mol. The minimum Gasteiger partial charge on any atom is -0.388 e. The van der Waals surface area contributed by atoms with Crippen molar-refractivity contribution in [3.8, 4) is 0 Å². The van der Waals surface area contributed by atoms with Gasteiger partial charge in [-0.15, -0.1) is 0 Å². The molecule has 4 unspecified atom stereocenters. The van der Waals surface area contributed by atoms with Gasteiger partial charge in [0.25, 0.3) is 0 Å². The van der Waals surface area contributed by atoms with Gasteiger partial charge in [-0.1, -0.05) is 90.9 Å². The molecule has 0 fully saturated rings. The van der Waals surface area contributed by atoms with Gasteiger partial charge in [0, 0.05) is 14.7 Å². The molecular formula is C16H28Br2OSi. The first-order chi connectivity index (χ1) is 8.89. The van der Waals surface area contributed by atoms with Crippen molar-refractivity contribution in [2.24, 2.45) is 0 Å². The molecule has 0 aromatic carbocycles. The number of alkyl halides is 2. The van der Waals surface area contributed by atoms with Gasteiger partial charge in [-0.25, -0.2) is 0 Å². The minimum atomic E-state index is -1.81. The van der Waals surface area contributed by atoms with Crippen LogP contribution in [0, 0.1) is 0 Å². The van der Waals surface area contributed by atoms with Crippen LogP contribution < -0.4 is 0 Å². The van der Waals surface area contributed by atoms with E-state index in [1.807, 2.05) is 0 Å². The van der Waals surface area contributed by atoms with E-state index in [-0.39, 0.29) is 19.7 Å². The molecule has 0 bridgehead atoms. The predicted molar refractivity (Wildman–Crippen MR) is 99.9 cm³/mol. The zero-order valence-electron chi connectivity index (χ0n) is 13.7. The van der Waals surface area contributed by atoms with Crippen LogP contribution in [0.3, 0.4) is 0 Å². The van der Waals surface area contributed by atoms with Crippen molar-refractivity contribution in [1.29, 1.82) is 0 Å². The second-order valence-corrected chi connectivity index (χ2v) is 15.8. The Morgan fingerprint density at radius 1 is 1.25 bits per heavy atom. The Balaban J connectivity index is 3.48. The molecule has 0 saturated heterocycles. The lowest BCUT2D eigenvalue weighted by atomic mass is 9.86. The predicted octanol–water partition coefficient (Wildman–Crippen LogP) is 5.66. The Kier molecular flexibility index (Phi) is 5.61. The molecular weight excluding hydrogens is 396 g/mol. The molecule has 1 aliphatic rings. The molecule has 0 spiro atoms. The molecule has 1 N–H and O–H groups in total. The summed E-state index contributed by atoms with van der Waals surface area (Å²) in [5.74, 6) is 0. The van der Waals surface area contributed by atoms with E-state index in [2.05, 4.69) is 97.8 Å². The van der Waals surface area contributed by atoms with Crippen molar-refractivity contribution in [2.75, 3.05) is 0 Å². The molecule has 0 heterocycles. The standard InChI is InChI=1S/C16H28Br2OSi/c1-11(17)13-9-8-10-16(12(2)18,14(13)19)20(6,7)15(3,4)5/h8-12,14,19H,1-7H3. The highest BCUT2D eigenvalue weighted by Gasteiger charge is 2.58. The van der Waals surface area contributed by atoms with Crippen molar-refractivity contribution >= 4 is 39.9 Å². The van der Waals surface area contributed by atoms with Gasteiger partial charge in [-0.3, -0.25) is 0 Å². The van der Waals surface area contributed by atoms with Gasteiger partial charge in [0.1, 0.15) is 0 Å². The molecule has 0 aromatic heterocycles. The van der Waals surface area contributed by atoms with Gasteiger partial charge in [-0.2, -0.15) is 0 Å². The Hall–Kier alpha value is 0.617. The zero-order valence-corrected chi connectivity index (χ0v) is 17.8. The first-order valence-electron chi connectivity index (χ1n) is 7.25. The second-order valence-electron chi connectivity index (χ2n) is 7.47. The van der Waals surface area contributed by atoms with Crippen LogP contribution in [0.1, 0.15) is 34.6 Å². The molecule has 20 heavy (non-hydrogen) atoms. The number of hydrogen-bond donors (Lipinski definition) is 1. The summed E-state index contributed by atoms with van der Waals surface area (Å²) in [4.78, 5) is 0.426. The van der Waals surface area contributed by atoms with Crippen LogP contribution in [0.2, 0.25) is 23.2 Å². The molecule has 4 heteroatoms. The third-order valence-corrected chi connectivity index (χ3v) is 14.0. The lowest BCUT2D eigenvalue weighted by molar-refractivity contribution is 0.163. The highest BCUT2D eigenvalue weighted by Crippen LogP contribution is 2.60. The molecule has 0 aromatic rings. The summed E-state index contributed by atoms with van der Waals surface area (Å²) in [6.07, 6.45) is 6.02. The van der Waals surface area contributed by atoms with Gasteiger partial charge in [0.2, 0.25) is 0 Å². The lowest BCUT2D eigenvalue weighted by Gasteiger charge is -2.56. The van der Waals surface area contributed by atoms with Crippen LogP contribution in [0.25, 0.3) is 0 Å². The number of aliphatic hydroxyl groups excluding tert-OH is 1. The fourth-order valence-electron chi connectivity index (χ4n) is 3.17. The monoisotopic (exact) mass is 422 g/mol. The van der Waals surface area contributed by atoms with Gasteiger partial charge in [0.15, 0.2) is 0 Å².